The Morgan fingerprint density at radius 3 is 2.55 bits per heavy atom. The van der Waals surface area contributed by atoms with Crippen LogP contribution in [0.15, 0.2) is 91.1 Å². The Bertz CT molecular complexity index is 1180. The molecule has 6 heteroatoms. The molecule has 1 heterocycles. The number of hydrogen-bond donors (Lipinski definition) is 1. The summed E-state index contributed by atoms with van der Waals surface area (Å²) in [7, 11) is 0. The SMILES string of the molecule is Cc1ccc(Oc2ccccc2NC(=O)/C=C/c2cn(Cc3ccccc3)nn2)cc1. The van der Waals surface area contributed by atoms with E-state index in [2.05, 4.69) is 15.6 Å². The average molecular weight is 410 g/mol. The van der Waals surface area contributed by atoms with Gasteiger partial charge in [0, 0.05) is 6.08 Å². The molecule has 0 saturated heterocycles. The summed E-state index contributed by atoms with van der Waals surface area (Å²) in [5.41, 5.74) is 3.48. The number of aromatic nitrogens is 3. The van der Waals surface area contributed by atoms with Crippen LogP contribution < -0.4 is 10.1 Å². The summed E-state index contributed by atoms with van der Waals surface area (Å²) in [6.07, 6.45) is 4.86. The first-order chi connectivity index (χ1) is 15.2. The van der Waals surface area contributed by atoms with Crippen LogP contribution in [0.5, 0.6) is 11.5 Å². The molecule has 4 aromatic rings. The van der Waals surface area contributed by atoms with Crippen molar-refractivity contribution < 1.29 is 9.53 Å². The average Bonchev–Trinajstić information content (AvgIpc) is 3.23. The molecule has 0 radical (unpaired) electrons. The van der Waals surface area contributed by atoms with E-state index < -0.39 is 0 Å². The van der Waals surface area contributed by atoms with Crippen molar-refractivity contribution in [1.82, 2.24) is 15.0 Å². The highest BCUT2D eigenvalue weighted by Crippen LogP contribution is 2.29. The number of rotatable bonds is 7. The summed E-state index contributed by atoms with van der Waals surface area (Å²) >= 11 is 0. The van der Waals surface area contributed by atoms with Gasteiger partial charge in [-0.05, 0) is 42.8 Å². The summed E-state index contributed by atoms with van der Waals surface area (Å²) in [5.74, 6) is 0.998. The molecule has 154 valence electrons. The Labute approximate surface area is 180 Å². The number of amides is 1. The van der Waals surface area contributed by atoms with Gasteiger partial charge in [0.2, 0.25) is 5.91 Å². The highest BCUT2D eigenvalue weighted by Gasteiger charge is 2.07. The maximum absolute atomic E-state index is 12.4. The molecule has 3 aromatic carbocycles. The Morgan fingerprint density at radius 1 is 1.00 bits per heavy atom. The number of hydrogen-bond acceptors (Lipinski definition) is 4. The van der Waals surface area contributed by atoms with Gasteiger partial charge in [-0.1, -0.05) is 65.4 Å². The molecule has 0 fully saturated rings. The van der Waals surface area contributed by atoms with Crippen molar-refractivity contribution >= 4 is 17.7 Å². The normalized spacial score (nSPS) is 10.9. The predicted molar refractivity (Wildman–Crippen MR) is 121 cm³/mol. The van der Waals surface area contributed by atoms with Crippen molar-refractivity contribution in [1.29, 1.82) is 0 Å². The topological polar surface area (TPSA) is 69.0 Å². The highest BCUT2D eigenvalue weighted by atomic mass is 16.5. The quantitative estimate of drug-likeness (QED) is 0.432. The molecule has 1 N–H and O–H groups in total. The number of benzene rings is 3. The zero-order chi connectivity index (χ0) is 21.5. The van der Waals surface area contributed by atoms with Gasteiger partial charge in [0.05, 0.1) is 18.4 Å². The zero-order valence-electron chi connectivity index (χ0n) is 17.1. The first-order valence-electron chi connectivity index (χ1n) is 9.92. The fourth-order valence-corrected chi connectivity index (χ4v) is 2.97. The van der Waals surface area contributed by atoms with Crippen molar-refractivity contribution in [2.75, 3.05) is 5.32 Å². The number of aryl methyl sites for hydroxylation is 1. The zero-order valence-corrected chi connectivity index (χ0v) is 17.1. The third kappa shape index (κ3) is 5.67. The molecule has 1 amide bonds. The second kappa shape index (κ2) is 9.54. The van der Waals surface area contributed by atoms with Gasteiger partial charge in [-0.3, -0.25) is 4.79 Å². The Hall–Kier alpha value is -4.19. The van der Waals surface area contributed by atoms with Gasteiger partial charge in [0.25, 0.3) is 0 Å². The van der Waals surface area contributed by atoms with Gasteiger partial charge >= 0.3 is 0 Å². The number of anilines is 1. The number of nitrogens with one attached hydrogen (secondary N) is 1. The second-order valence-corrected chi connectivity index (χ2v) is 7.06. The van der Waals surface area contributed by atoms with E-state index in [0.29, 0.717) is 29.4 Å². The molecule has 0 bridgehead atoms. The lowest BCUT2D eigenvalue weighted by Gasteiger charge is -2.11. The van der Waals surface area contributed by atoms with Crippen LogP contribution in [0.4, 0.5) is 5.69 Å². The van der Waals surface area contributed by atoms with Crippen LogP contribution in [-0.4, -0.2) is 20.9 Å². The predicted octanol–water partition coefficient (Wildman–Crippen LogP) is 5.08. The van der Waals surface area contributed by atoms with E-state index in [1.54, 1.807) is 23.0 Å². The summed E-state index contributed by atoms with van der Waals surface area (Å²) in [6.45, 7) is 2.64. The van der Waals surface area contributed by atoms with E-state index in [-0.39, 0.29) is 5.91 Å². The smallest absolute Gasteiger partial charge is 0.248 e. The molecule has 0 aliphatic heterocycles. The molecule has 0 atom stereocenters. The van der Waals surface area contributed by atoms with Crippen molar-refractivity contribution in [3.05, 3.63) is 108 Å². The van der Waals surface area contributed by atoms with Crippen LogP contribution in [0.2, 0.25) is 0 Å². The molecule has 0 aliphatic rings. The largest absolute Gasteiger partial charge is 0.455 e. The molecule has 0 saturated carbocycles. The number of para-hydroxylation sites is 2. The van der Waals surface area contributed by atoms with Crippen LogP contribution in [0.1, 0.15) is 16.8 Å². The molecule has 0 spiro atoms. The minimum atomic E-state index is -0.280. The standard InChI is InChI=1S/C25H22N4O2/c1-19-11-14-22(15-12-19)31-24-10-6-5-9-23(24)26-25(30)16-13-21-18-29(28-27-21)17-20-7-3-2-4-8-20/h2-16,18H,17H2,1H3,(H,26,30)/b16-13+. The minimum absolute atomic E-state index is 0.280. The lowest BCUT2D eigenvalue weighted by molar-refractivity contribution is -0.111. The molecule has 1 aromatic heterocycles. The van der Waals surface area contributed by atoms with E-state index in [9.17, 15) is 4.79 Å². The fourth-order valence-electron chi connectivity index (χ4n) is 2.97. The van der Waals surface area contributed by atoms with Gasteiger partial charge in [-0.25, -0.2) is 4.68 Å². The minimum Gasteiger partial charge on any atom is -0.455 e. The van der Waals surface area contributed by atoms with Gasteiger partial charge < -0.3 is 10.1 Å². The fraction of sp³-hybridized carbons (Fsp3) is 0.0800. The van der Waals surface area contributed by atoms with Crippen molar-refractivity contribution in [2.45, 2.75) is 13.5 Å². The van der Waals surface area contributed by atoms with E-state index in [0.717, 1.165) is 11.1 Å². The van der Waals surface area contributed by atoms with E-state index in [1.807, 2.05) is 79.7 Å². The Kier molecular flexibility index (Phi) is 6.18. The van der Waals surface area contributed by atoms with Gasteiger partial charge in [-0.2, -0.15) is 0 Å². The van der Waals surface area contributed by atoms with Gasteiger partial charge in [0.1, 0.15) is 11.4 Å². The summed E-state index contributed by atoms with van der Waals surface area (Å²) in [6, 6.07) is 25.1. The van der Waals surface area contributed by atoms with Crippen LogP contribution in [-0.2, 0) is 11.3 Å². The Balaban J connectivity index is 1.39. The number of carbonyl (C=O) groups excluding carboxylic acids is 1. The van der Waals surface area contributed by atoms with Gasteiger partial charge in [0.15, 0.2) is 5.75 Å². The Morgan fingerprint density at radius 2 is 1.74 bits per heavy atom. The van der Waals surface area contributed by atoms with Crippen LogP contribution in [0.3, 0.4) is 0 Å². The number of carbonyl (C=O) groups is 1. The molecule has 4 rings (SSSR count). The monoisotopic (exact) mass is 410 g/mol. The van der Waals surface area contributed by atoms with Gasteiger partial charge in [-0.15, -0.1) is 5.10 Å². The summed E-state index contributed by atoms with van der Waals surface area (Å²) in [5, 5.41) is 11.1. The lowest BCUT2D eigenvalue weighted by Crippen LogP contribution is -2.08. The molecule has 0 aliphatic carbocycles. The summed E-state index contributed by atoms with van der Waals surface area (Å²) < 4.78 is 7.66. The van der Waals surface area contributed by atoms with Crippen LogP contribution in [0, 0.1) is 6.92 Å². The van der Waals surface area contributed by atoms with Crippen molar-refractivity contribution in [3.8, 4) is 11.5 Å². The van der Waals surface area contributed by atoms with Crippen molar-refractivity contribution in [3.63, 3.8) is 0 Å². The molecular formula is C25H22N4O2. The third-order valence-electron chi connectivity index (χ3n) is 4.54. The highest BCUT2D eigenvalue weighted by molar-refractivity contribution is 6.02. The van der Waals surface area contributed by atoms with E-state index >= 15 is 0 Å². The molecule has 6 nitrogen and oxygen atoms in total. The molecule has 0 unspecified atom stereocenters. The lowest BCUT2D eigenvalue weighted by atomic mass is 10.2. The number of ether oxygens (including phenoxy) is 1. The van der Waals surface area contributed by atoms with Crippen LogP contribution in [0.25, 0.3) is 6.08 Å². The molecule has 31 heavy (non-hydrogen) atoms. The summed E-state index contributed by atoms with van der Waals surface area (Å²) in [4.78, 5) is 12.4. The van der Waals surface area contributed by atoms with Crippen molar-refractivity contribution in [2.24, 2.45) is 0 Å². The maximum atomic E-state index is 12.4. The van der Waals surface area contributed by atoms with Crippen LogP contribution >= 0.6 is 0 Å². The second-order valence-electron chi connectivity index (χ2n) is 7.06. The maximum Gasteiger partial charge on any atom is 0.248 e. The van der Waals surface area contributed by atoms with E-state index in [1.165, 1.54) is 6.08 Å². The third-order valence-corrected chi connectivity index (χ3v) is 4.54. The van der Waals surface area contributed by atoms with E-state index in [4.69, 9.17) is 4.74 Å². The first-order valence-corrected chi connectivity index (χ1v) is 9.92. The first kappa shape index (κ1) is 20.1. The number of nitrogens with zero attached hydrogens (tertiary/aromatic N) is 3. The molecular weight excluding hydrogens is 388 g/mol.